The van der Waals surface area contributed by atoms with Crippen LogP contribution in [0.25, 0.3) is 12.2 Å². The predicted octanol–water partition coefficient (Wildman–Crippen LogP) is 3.71. The van der Waals surface area contributed by atoms with Crippen LogP contribution in [0.1, 0.15) is 30.7 Å². The Labute approximate surface area is 148 Å². The molecule has 1 aromatic carbocycles. The molecule has 0 amide bonds. The molecule has 2 rings (SSSR count). The third-order valence-corrected chi connectivity index (χ3v) is 3.74. The highest BCUT2D eigenvalue weighted by molar-refractivity contribution is 5.53. The van der Waals surface area contributed by atoms with Gasteiger partial charge in [0, 0.05) is 22.5 Å². The summed E-state index contributed by atoms with van der Waals surface area (Å²) in [4.78, 5) is 0. The van der Waals surface area contributed by atoms with Gasteiger partial charge in [-0.1, -0.05) is 30.4 Å². The zero-order valence-electron chi connectivity index (χ0n) is 14.7. The first-order valence-corrected chi connectivity index (χ1v) is 7.90. The summed E-state index contributed by atoms with van der Waals surface area (Å²) in [5.74, 6) is -0.941. The molecular formula is C19H19F4N3. The molecule has 0 bridgehead atoms. The van der Waals surface area contributed by atoms with Crippen molar-refractivity contribution in [3.8, 4) is 0 Å². The highest BCUT2D eigenvalue weighted by Gasteiger charge is 2.34. The maximum atomic E-state index is 14.2. The maximum absolute atomic E-state index is 14.2. The highest BCUT2D eigenvalue weighted by Crippen LogP contribution is 2.32. The van der Waals surface area contributed by atoms with Crippen LogP contribution < -0.4 is 15.8 Å². The molecule has 1 heterocycles. The molecule has 0 atom stereocenters. The van der Waals surface area contributed by atoms with Crippen molar-refractivity contribution < 1.29 is 17.6 Å². The summed E-state index contributed by atoms with van der Waals surface area (Å²) >= 11 is 0. The molecular weight excluding hydrogens is 346 g/mol. The third kappa shape index (κ3) is 4.28. The Morgan fingerprint density at radius 3 is 2.50 bits per heavy atom. The van der Waals surface area contributed by atoms with Crippen molar-refractivity contribution >= 4 is 18.0 Å². The summed E-state index contributed by atoms with van der Waals surface area (Å²) in [5, 5.41) is 12.5. The first kappa shape index (κ1) is 19.6. The Morgan fingerprint density at radius 2 is 1.92 bits per heavy atom. The van der Waals surface area contributed by atoms with E-state index in [4.69, 9.17) is 0 Å². The van der Waals surface area contributed by atoms with E-state index in [0.717, 1.165) is 16.9 Å². The number of alkyl halides is 3. The zero-order chi connectivity index (χ0) is 19.5. The van der Waals surface area contributed by atoms with Crippen LogP contribution in [0.15, 0.2) is 30.4 Å². The third-order valence-electron chi connectivity index (χ3n) is 3.74. The molecule has 2 aromatic rings. The van der Waals surface area contributed by atoms with Crippen molar-refractivity contribution in [1.29, 1.82) is 0 Å². The molecule has 0 aliphatic rings. The van der Waals surface area contributed by atoms with Crippen LogP contribution in [-0.4, -0.2) is 10.2 Å². The fraction of sp³-hybridized carbons (Fsp3) is 0.263. The SMILES string of the molecule is C=C(C)/C=c1/c(NCc2cccc(C(F)(F)F)c2F)nnc(C)/c1=C/C. The Kier molecular flexibility index (Phi) is 5.79. The van der Waals surface area contributed by atoms with E-state index in [1.165, 1.54) is 12.1 Å². The molecule has 0 radical (unpaired) electrons. The molecule has 0 aliphatic heterocycles. The van der Waals surface area contributed by atoms with Crippen molar-refractivity contribution in [1.82, 2.24) is 10.2 Å². The second-order valence-electron chi connectivity index (χ2n) is 5.87. The number of allylic oxidation sites excluding steroid dienone is 1. The van der Waals surface area contributed by atoms with Crippen molar-refractivity contribution in [3.63, 3.8) is 0 Å². The molecule has 26 heavy (non-hydrogen) atoms. The van der Waals surface area contributed by atoms with Crippen molar-refractivity contribution in [3.05, 3.63) is 63.4 Å². The van der Waals surface area contributed by atoms with Crippen LogP contribution in [0.5, 0.6) is 0 Å². The molecule has 0 saturated carbocycles. The Balaban J connectivity index is 2.45. The number of benzene rings is 1. The molecule has 1 N–H and O–H groups in total. The van der Waals surface area contributed by atoms with Crippen molar-refractivity contribution in [2.45, 2.75) is 33.5 Å². The molecule has 0 aliphatic carbocycles. The van der Waals surface area contributed by atoms with E-state index >= 15 is 0 Å². The monoisotopic (exact) mass is 365 g/mol. The van der Waals surface area contributed by atoms with Crippen LogP contribution in [0, 0.1) is 12.7 Å². The number of aryl methyl sites for hydroxylation is 1. The molecule has 138 valence electrons. The minimum atomic E-state index is -4.74. The summed E-state index contributed by atoms with van der Waals surface area (Å²) in [6.45, 7) is 9.13. The first-order valence-electron chi connectivity index (χ1n) is 7.90. The van der Waals surface area contributed by atoms with Gasteiger partial charge in [-0.3, -0.25) is 0 Å². The number of rotatable bonds is 4. The lowest BCUT2D eigenvalue weighted by molar-refractivity contribution is -0.140. The lowest BCUT2D eigenvalue weighted by Gasteiger charge is -2.12. The van der Waals surface area contributed by atoms with Crippen molar-refractivity contribution in [2.75, 3.05) is 5.32 Å². The minimum Gasteiger partial charge on any atom is -0.364 e. The summed E-state index contributed by atoms with van der Waals surface area (Å²) < 4.78 is 52.7. The number of hydrogen-bond acceptors (Lipinski definition) is 3. The van der Waals surface area contributed by atoms with Gasteiger partial charge in [0.15, 0.2) is 5.82 Å². The Hall–Kier alpha value is -2.70. The average Bonchev–Trinajstić information content (AvgIpc) is 2.54. The van der Waals surface area contributed by atoms with E-state index in [-0.39, 0.29) is 12.1 Å². The maximum Gasteiger partial charge on any atom is 0.419 e. The van der Waals surface area contributed by atoms with E-state index < -0.39 is 17.6 Å². The van der Waals surface area contributed by atoms with Gasteiger partial charge in [0.1, 0.15) is 5.82 Å². The molecule has 0 saturated heterocycles. The lowest BCUT2D eigenvalue weighted by Crippen LogP contribution is -2.33. The van der Waals surface area contributed by atoms with Crippen LogP contribution in [0.2, 0.25) is 0 Å². The normalized spacial score (nSPS) is 13.2. The second kappa shape index (κ2) is 7.68. The Bertz CT molecular complexity index is 946. The topological polar surface area (TPSA) is 37.8 Å². The fourth-order valence-electron chi connectivity index (χ4n) is 2.56. The molecule has 1 aromatic heterocycles. The van der Waals surface area contributed by atoms with E-state index in [1.807, 2.05) is 19.9 Å². The summed E-state index contributed by atoms with van der Waals surface area (Å²) in [7, 11) is 0. The first-order chi connectivity index (χ1) is 12.1. The number of nitrogens with zero attached hydrogens (tertiary/aromatic N) is 2. The van der Waals surface area contributed by atoms with Crippen LogP contribution in [-0.2, 0) is 12.7 Å². The minimum absolute atomic E-state index is 0.106. The number of aromatic nitrogens is 2. The zero-order valence-corrected chi connectivity index (χ0v) is 14.7. The largest absolute Gasteiger partial charge is 0.419 e. The van der Waals surface area contributed by atoms with Gasteiger partial charge in [-0.05, 0) is 32.9 Å². The van der Waals surface area contributed by atoms with Crippen LogP contribution >= 0.6 is 0 Å². The van der Waals surface area contributed by atoms with Gasteiger partial charge in [-0.25, -0.2) is 4.39 Å². The smallest absolute Gasteiger partial charge is 0.364 e. The van der Waals surface area contributed by atoms with Crippen LogP contribution in [0.4, 0.5) is 23.4 Å². The second-order valence-corrected chi connectivity index (χ2v) is 5.87. The number of halogens is 4. The number of hydrogen-bond donors (Lipinski definition) is 1. The molecule has 0 unspecified atom stereocenters. The lowest BCUT2D eigenvalue weighted by atomic mass is 10.1. The van der Waals surface area contributed by atoms with Crippen molar-refractivity contribution in [2.24, 2.45) is 0 Å². The molecule has 0 spiro atoms. The quantitative estimate of drug-likeness (QED) is 0.840. The van der Waals surface area contributed by atoms with E-state index in [0.29, 0.717) is 16.7 Å². The van der Waals surface area contributed by atoms with Gasteiger partial charge in [0.25, 0.3) is 0 Å². The van der Waals surface area contributed by atoms with Gasteiger partial charge >= 0.3 is 6.18 Å². The van der Waals surface area contributed by atoms with Crippen LogP contribution in [0.3, 0.4) is 0 Å². The summed E-state index contributed by atoms with van der Waals surface area (Å²) in [5.41, 5.74) is 0.0817. The van der Waals surface area contributed by atoms with E-state index in [2.05, 4.69) is 22.1 Å². The van der Waals surface area contributed by atoms with Gasteiger partial charge in [-0.2, -0.15) is 18.3 Å². The van der Waals surface area contributed by atoms with E-state index in [9.17, 15) is 17.6 Å². The molecule has 7 heteroatoms. The number of anilines is 1. The summed E-state index contributed by atoms with van der Waals surface area (Å²) in [6.07, 6.45) is -1.09. The highest BCUT2D eigenvalue weighted by atomic mass is 19.4. The average molecular weight is 365 g/mol. The predicted molar refractivity (Wildman–Crippen MR) is 94.2 cm³/mol. The molecule has 3 nitrogen and oxygen atoms in total. The summed E-state index contributed by atoms with van der Waals surface area (Å²) in [6, 6.07) is 3.19. The van der Waals surface area contributed by atoms with Gasteiger partial charge < -0.3 is 5.32 Å². The van der Waals surface area contributed by atoms with Gasteiger partial charge in [0.05, 0.1) is 11.3 Å². The van der Waals surface area contributed by atoms with Gasteiger partial charge in [-0.15, -0.1) is 5.10 Å². The van der Waals surface area contributed by atoms with E-state index in [1.54, 1.807) is 13.0 Å². The molecule has 0 fully saturated rings. The van der Waals surface area contributed by atoms with Gasteiger partial charge in [0.2, 0.25) is 0 Å². The number of nitrogens with one attached hydrogen (secondary N) is 1. The fourth-order valence-corrected chi connectivity index (χ4v) is 2.56. The standard InChI is InChI=1S/C19H19F4N3/c1-5-14-12(4)25-26-18(15(14)9-11(2)3)24-10-13-7-6-8-16(17(13)20)19(21,22)23/h5-9H,2,10H2,1,3-4H3,(H,24,26)/b14-5-,15-9+. The Morgan fingerprint density at radius 1 is 1.23 bits per heavy atom.